The number of amides is 1. The van der Waals surface area contributed by atoms with Gasteiger partial charge >= 0.3 is 0 Å². The molecular weight excluding hydrogens is 204 g/mol. The lowest BCUT2D eigenvalue weighted by Gasteiger charge is -2.11. The summed E-state index contributed by atoms with van der Waals surface area (Å²) >= 11 is 0. The van der Waals surface area contributed by atoms with E-state index in [0.29, 0.717) is 13.0 Å². The number of anilines is 1. The molecule has 0 saturated carbocycles. The SMILES string of the molecule is Cc1cc(OCCC(=O)N(C)C)ccc1N. The summed E-state index contributed by atoms with van der Waals surface area (Å²) in [6, 6.07) is 5.48. The van der Waals surface area contributed by atoms with Crippen LogP contribution in [0.2, 0.25) is 0 Å². The Labute approximate surface area is 96.0 Å². The fourth-order valence-corrected chi connectivity index (χ4v) is 1.22. The van der Waals surface area contributed by atoms with Gasteiger partial charge in [0.05, 0.1) is 13.0 Å². The van der Waals surface area contributed by atoms with Crippen LogP contribution in [-0.2, 0) is 4.79 Å². The molecule has 0 aliphatic heterocycles. The molecule has 1 aromatic carbocycles. The molecule has 0 saturated heterocycles. The smallest absolute Gasteiger partial charge is 0.225 e. The van der Waals surface area contributed by atoms with Crippen LogP contribution in [0.1, 0.15) is 12.0 Å². The zero-order valence-electron chi connectivity index (χ0n) is 9.99. The molecule has 16 heavy (non-hydrogen) atoms. The number of hydrogen-bond acceptors (Lipinski definition) is 3. The minimum Gasteiger partial charge on any atom is -0.493 e. The molecule has 0 aliphatic rings. The van der Waals surface area contributed by atoms with Crippen LogP contribution in [0, 0.1) is 6.92 Å². The first kappa shape index (κ1) is 12.4. The van der Waals surface area contributed by atoms with E-state index >= 15 is 0 Å². The Morgan fingerprint density at radius 2 is 2.12 bits per heavy atom. The van der Waals surface area contributed by atoms with Gasteiger partial charge in [-0.1, -0.05) is 0 Å². The lowest BCUT2D eigenvalue weighted by atomic mass is 10.2. The van der Waals surface area contributed by atoms with E-state index in [4.69, 9.17) is 10.5 Å². The molecule has 0 unspecified atom stereocenters. The average molecular weight is 222 g/mol. The van der Waals surface area contributed by atoms with Gasteiger partial charge < -0.3 is 15.4 Å². The van der Waals surface area contributed by atoms with Crippen molar-refractivity contribution in [3.05, 3.63) is 23.8 Å². The second-order valence-electron chi connectivity index (χ2n) is 3.91. The molecule has 2 N–H and O–H groups in total. The summed E-state index contributed by atoms with van der Waals surface area (Å²) in [6.45, 7) is 2.31. The molecule has 88 valence electrons. The van der Waals surface area contributed by atoms with Crippen LogP contribution >= 0.6 is 0 Å². The minimum absolute atomic E-state index is 0.0622. The van der Waals surface area contributed by atoms with Crippen LogP contribution in [0.4, 0.5) is 5.69 Å². The van der Waals surface area contributed by atoms with E-state index in [9.17, 15) is 4.79 Å². The lowest BCUT2D eigenvalue weighted by Crippen LogP contribution is -2.23. The number of ether oxygens (including phenoxy) is 1. The van der Waals surface area contributed by atoms with E-state index in [2.05, 4.69) is 0 Å². The maximum atomic E-state index is 11.3. The summed E-state index contributed by atoms with van der Waals surface area (Å²) in [5, 5.41) is 0. The first-order valence-corrected chi connectivity index (χ1v) is 5.20. The summed E-state index contributed by atoms with van der Waals surface area (Å²) in [4.78, 5) is 12.8. The monoisotopic (exact) mass is 222 g/mol. The number of nitrogen functional groups attached to an aromatic ring is 1. The molecule has 1 amide bonds. The summed E-state index contributed by atoms with van der Waals surface area (Å²) in [5.41, 5.74) is 7.42. The van der Waals surface area contributed by atoms with Crippen molar-refractivity contribution in [2.75, 3.05) is 26.4 Å². The zero-order valence-corrected chi connectivity index (χ0v) is 9.99. The van der Waals surface area contributed by atoms with E-state index in [1.54, 1.807) is 25.1 Å². The van der Waals surface area contributed by atoms with Gasteiger partial charge in [-0.25, -0.2) is 0 Å². The average Bonchev–Trinajstić information content (AvgIpc) is 2.23. The van der Waals surface area contributed by atoms with Crippen molar-refractivity contribution in [3.8, 4) is 5.75 Å². The van der Waals surface area contributed by atoms with Gasteiger partial charge in [-0.3, -0.25) is 4.79 Å². The van der Waals surface area contributed by atoms with Crippen molar-refractivity contribution >= 4 is 11.6 Å². The molecule has 0 spiro atoms. The molecule has 0 fully saturated rings. The van der Waals surface area contributed by atoms with Crippen LogP contribution in [-0.4, -0.2) is 31.5 Å². The Hall–Kier alpha value is -1.71. The standard InChI is InChI=1S/C12H18N2O2/c1-9-8-10(4-5-11(9)13)16-7-6-12(15)14(2)3/h4-5,8H,6-7,13H2,1-3H3. The van der Waals surface area contributed by atoms with E-state index in [1.807, 2.05) is 19.1 Å². The highest BCUT2D eigenvalue weighted by Gasteiger charge is 2.04. The normalized spacial score (nSPS) is 9.94. The fraction of sp³-hybridized carbons (Fsp3) is 0.417. The third-order valence-electron chi connectivity index (χ3n) is 2.32. The maximum absolute atomic E-state index is 11.3. The van der Waals surface area contributed by atoms with Gasteiger partial charge in [0.15, 0.2) is 0 Å². The molecule has 0 radical (unpaired) electrons. The van der Waals surface area contributed by atoms with Gasteiger partial charge in [-0.15, -0.1) is 0 Å². The Morgan fingerprint density at radius 3 is 2.69 bits per heavy atom. The molecule has 1 rings (SSSR count). The predicted molar refractivity (Wildman–Crippen MR) is 64.4 cm³/mol. The molecule has 0 aromatic heterocycles. The molecule has 0 bridgehead atoms. The maximum Gasteiger partial charge on any atom is 0.225 e. The quantitative estimate of drug-likeness (QED) is 0.784. The van der Waals surface area contributed by atoms with Crippen LogP contribution in [0.3, 0.4) is 0 Å². The van der Waals surface area contributed by atoms with Crippen molar-refractivity contribution in [2.24, 2.45) is 0 Å². The molecular formula is C12H18N2O2. The van der Waals surface area contributed by atoms with Gasteiger partial charge in [-0.05, 0) is 30.7 Å². The Bertz CT molecular complexity index is 375. The summed E-state index contributed by atoms with van der Waals surface area (Å²) in [5.74, 6) is 0.811. The molecule has 4 nitrogen and oxygen atoms in total. The topological polar surface area (TPSA) is 55.6 Å². The summed E-state index contributed by atoms with van der Waals surface area (Å²) < 4.78 is 5.46. The lowest BCUT2D eigenvalue weighted by molar-refractivity contribution is -0.129. The summed E-state index contributed by atoms with van der Waals surface area (Å²) in [7, 11) is 3.46. The zero-order chi connectivity index (χ0) is 12.1. The van der Waals surface area contributed by atoms with Gasteiger partial charge in [0.2, 0.25) is 5.91 Å². The van der Waals surface area contributed by atoms with Crippen molar-refractivity contribution in [1.82, 2.24) is 4.90 Å². The highest BCUT2D eigenvalue weighted by molar-refractivity contribution is 5.75. The number of carbonyl (C=O) groups is 1. The second-order valence-corrected chi connectivity index (χ2v) is 3.91. The third-order valence-corrected chi connectivity index (χ3v) is 2.32. The third kappa shape index (κ3) is 3.46. The van der Waals surface area contributed by atoms with E-state index in [1.165, 1.54) is 0 Å². The number of nitrogens with zero attached hydrogens (tertiary/aromatic N) is 1. The second kappa shape index (κ2) is 5.39. The first-order valence-electron chi connectivity index (χ1n) is 5.20. The number of nitrogens with two attached hydrogens (primary N) is 1. The number of carbonyl (C=O) groups excluding carboxylic acids is 1. The van der Waals surface area contributed by atoms with Crippen molar-refractivity contribution in [2.45, 2.75) is 13.3 Å². The van der Waals surface area contributed by atoms with Crippen molar-refractivity contribution in [3.63, 3.8) is 0 Å². The molecule has 4 heteroatoms. The number of hydrogen-bond donors (Lipinski definition) is 1. The van der Waals surface area contributed by atoms with Gasteiger partial charge in [-0.2, -0.15) is 0 Å². The fourth-order valence-electron chi connectivity index (χ4n) is 1.22. The highest BCUT2D eigenvalue weighted by atomic mass is 16.5. The van der Waals surface area contributed by atoms with Gasteiger partial charge in [0, 0.05) is 19.8 Å². The Morgan fingerprint density at radius 1 is 1.44 bits per heavy atom. The number of aryl methyl sites for hydroxylation is 1. The van der Waals surface area contributed by atoms with E-state index in [-0.39, 0.29) is 5.91 Å². The largest absolute Gasteiger partial charge is 0.493 e. The Kier molecular flexibility index (Phi) is 4.17. The number of benzene rings is 1. The van der Waals surface area contributed by atoms with Crippen LogP contribution in [0.15, 0.2) is 18.2 Å². The predicted octanol–water partition coefficient (Wildman–Crippen LogP) is 1.43. The summed E-state index contributed by atoms with van der Waals surface area (Å²) in [6.07, 6.45) is 0.385. The first-order chi connectivity index (χ1) is 7.50. The Balaban J connectivity index is 2.43. The van der Waals surface area contributed by atoms with Crippen LogP contribution in [0.25, 0.3) is 0 Å². The molecule has 0 atom stereocenters. The van der Waals surface area contributed by atoms with Crippen molar-refractivity contribution < 1.29 is 9.53 Å². The van der Waals surface area contributed by atoms with E-state index in [0.717, 1.165) is 17.0 Å². The number of rotatable bonds is 4. The van der Waals surface area contributed by atoms with Crippen LogP contribution < -0.4 is 10.5 Å². The molecule has 0 aliphatic carbocycles. The van der Waals surface area contributed by atoms with Gasteiger partial charge in [0.25, 0.3) is 0 Å². The highest BCUT2D eigenvalue weighted by Crippen LogP contribution is 2.18. The molecule has 0 heterocycles. The van der Waals surface area contributed by atoms with Crippen molar-refractivity contribution in [1.29, 1.82) is 0 Å². The van der Waals surface area contributed by atoms with Gasteiger partial charge in [0.1, 0.15) is 5.75 Å². The van der Waals surface area contributed by atoms with E-state index < -0.39 is 0 Å². The molecule has 1 aromatic rings. The van der Waals surface area contributed by atoms with Crippen LogP contribution in [0.5, 0.6) is 5.75 Å². The minimum atomic E-state index is 0.0622.